The smallest absolute Gasteiger partial charge is 0.460 e. The molecule has 0 amide bonds. The van der Waals surface area contributed by atoms with Gasteiger partial charge in [-0.05, 0) is 37.5 Å². The zero-order chi connectivity index (χ0) is 15.0. The number of hydrogen-bond acceptors (Lipinski definition) is 5. The number of halogens is 2. The van der Waals surface area contributed by atoms with Gasteiger partial charge in [-0.25, -0.2) is 4.79 Å². The van der Waals surface area contributed by atoms with E-state index in [9.17, 15) is 27.1 Å². The Morgan fingerprint density at radius 2 is 1.75 bits per heavy atom. The van der Waals surface area contributed by atoms with Crippen molar-refractivity contribution in [3.63, 3.8) is 0 Å². The highest BCUT2D eigenvalue weighted by Gasteiger charge is 2.72. The Kier molecular flexibility index (Phi) is 2.61. The van der Waals surface area contributed by atoms with E-state index in [1.807, 2.05) is 0 Å². The van der Waals surface area contributed by atoms with E-state index in [1.54, 1.807) is 0 Å². The molecular weight excluding hydrogens is 298 g/mol. The summed E-state index contributed by atoms with van der Waals surface area (Å²) >= 11 is 0. The van der Waals surface area contributed by atoms with E-state index in [4.69, 9.17) is 4.55 Å². The van der Waals surface area contributed by atoms with Crippen LogP contribution in [0.25, 0.3) is 0 Å². The van der Waals surface area contributed by atoms with Crippen LogP contribution < -0.4 is 0 Å². The van der Waals surface area contributed by atoms with Gasteiger partial charge in [-0.15, -0.1) is 0 Å². The topological polar surface area (TPSA) is 101 Å². The molecule has 114 valence electrons. The molecule has 0 radical (unpaired) electrons. The van der Waals surface area contributed by atoms with Crippen LogP contribution in [0.4, 0.5) is 8.78 Å². The average Bonchev–Trinajstić information content (AvgIpc) is 2.92. The summed E-state index contributed by atoms with van der Waals surface area (Å²) in [5.41, 5.74) is -1.75. The van der Waals surface area contributed by atoms with E-state index in [-0.39, 0.29) is 0 Å². The molecule has 0 saturated heterocycles. The second-order valence-electron chi connectivity index (χ2n) is 6.22. The van der Waals surface area contributed by atoms with Crippen LogP contribution in [0.1, 0.15) is 25.7 Å². The second-order valence-corrected chi connectivity index (χ2v) is 7.68. The van der Waals surface area contributed by atoms with Crippen LogP contribution in [-0.4, -0.2) is 41.5 Å². The number of hydrogen-bond donors (Lipinski definition) is 2. The van der Waals surface area contributed by atoms with Gasteiger partial charge < -0.3 is 9.84 Å². The maximum Gasteiger partial charge on any atom is 0.465 e. The molecule has 4 rings (SSSR count). The summed E-state index contributed by atoms with van der Waals surface area (Å²) in [5, 5.41) is 5.45. The van der Waals surface area contributed by atoms with Crippen molar-refractivity contribution in [3.8, 4) is 0 Å². The standard InChI is InChI=1S/C11H14F2O6S/c12-11(13,20(16,17)18)8(14)19-5-9-1-6-3-10(9,15)4-7(6)2-9/h6-7,15H,1-5H2,(H,16,17,18). The molecule has 0 heterocycles. The number of esters is 1. The van der Waals surface area contributed by atoms with Crippen molar-refractivity contribution in [1.82, 2.24) is 0 Å². The van der Waals surface area contributed by atoms with Crippen LogP contribution in [-0.2, 0) is 19.6 Å². The highest BCUT2D eigenvalue weighted by molar-refractivity contribution is 7.87. The van der Waals surface area contributed by atoms with E-state index in [1.165, 1.54) is 0 Å². The lowest BCUT2D eigenvalue weighted by molar-refractivity contribution is -0.169. The summed E-state index contributed by atoms with van der Waals surface area (Å²) in [6, 6.07) is 0. The molecule has 0 aliphatic heterocycles. The number of rotatable bonds is 4. The number of carbonyl (C=O) groups excluding carboxylic acids is 1. The Balaban J connectivity index is 1.71. The molecule has 2 unspecified atom stereocenters. The van der Waals surface area contributed by atoms with Crippen molar-refractivity contribution in [2.24, 2.45) is 17.3 Å². The first-order valence-electron chi connectivity index (χ1n) is 6.25. The van der Waals surface area contributed by atoms with Gasteiger partial charge in [-0.1, -0.05) is 0 Å². The molecule has 4 aliphatic carbocycles. The van der Waals surface area contributed by atoms with Crippen molar-refractivity contribution in [3.05, 3.63) is 0 Å². The molecule has 0 aromatic rings. The molecule has 0 spiro atoms. The highest BCUT2D eigenvalue weighted by atomic mass is 32.2. The van der Waals surface area contributed by atoms with E-state index in [0.29, 0.717) is 37.5 Å². The van der Waals surface area contributed by atoms with Crippen LogP contribution in [0.15, 0.2) is 0 Å². The molecule has 9 heteroatoms. The summed E-state index contributed by atoms with van der Waals surface area (Å²) < 4.78 is 59.7. The van der Waals surface area contributed by atoms with Crippen molar-refractivity contribution >= 4 is 16.1 Å². The van der Waals surface area contributed by atoms with Gasteiger partial charge in [0.15, 0.2) is 0 Å². The minimum atomic E-state index is -5.85. The average molecular weight is 312 g/mol. The monoisotopic (exact) mass is 312 g/mol. The van der Waals surface area contributed by atoms with Gasteiger partial charge in [0.05, 0.1) is 12.2 Å². The number of alkyl halides is 2. The Morgan fingerprint density at radius 1 is 1.25 bits per heavy atom. The largest absolute Gasteiger partial charge is 0.465 e. The molecule has 4 aliphatic rings. The SMILES string of the molecule is O=C(OCC12CC3CC1(O)CC3C2)C(F)(F)S(=O)(=O)O. The number of ether oxygens (including phenoxy) is 1. The first-order chi connectivity index (χ1) is 9.01. The second kappa shape index (κ2) is 3.69. The predicted octanol–water partition coefficient (Wildman–Crippen LogP) is 0.561. The van der Waals surface area contributed by atoms with Crippen LogP contribution in [0.2, 0.25) is 0 Å². The van der Waals surface area contributed by atoms with Gasteiger partial charge >= 0.3 is 21.3 Å². The molecule has 2 atom stereocenters. The highest BCUT2D eigenvalue weighted by Crippen LogP contribution is 2.72. The molecule has 0 aromatic carbocycles. The van der Waals surface area contributed by atoms with E-state index in [2.05, 4.69) is 4.74 Å². The molecule has 4 bridgehead atoms. The third kappa shape index (κ3) is 1.59. The van der Waals surface area contributed by atoms with Gasteiger partial charge in [0.25, 0.3) is 0 Å². The van der Waals surface area contributed by atoms with Crippen LogP contribution in [0, 0.1) is 17.3 Å². The van der Waals surface area contributed by atoms with Gasteiger partial charge in [-0.3, -0.25) is 4.55 Å². The molecule has 2 N–H and O–H groups in total. The van der Waals surface area contributed by atoms with E-state index in [0.717, 1.165) is 0 Å². The predicted molar refractivity (Wildman–Crippen MR) is 60.3 cm³/mol. The number of aliphatic hydroxyl groups is 1. The minimum Gasteiger partial charge on any atom is -0.460 e. The summed E-state index contributed by atoms with van der Waals surface area (Å²) in [7, 11) is -5.85. The van der Waals surface area contributed by atoms with Crippen molar-refractivity contribution in [2.45, 2.75) is 36.5 Å². The lowest BCUT2D eigenvalue weighted by Gasteiger charge is -2.35. The quantitative estimate of drug-likeness (QED) is 0.581. The zero-order valence-corrected chi connectivity index (χ0v) is 11.2. The fourth-order valence-corrected chi connectivity index (χ4v) is 4.58. The summed E-state index contributed by atoms with van der Waals surface area (Å²) in [6.07, 6.45) is 2.34. The molecular formula is C11H14F2O6S. The fourth-order valence-electron chi connectivity index (χ4n) is 4.31. The fraction of sp³-hybridized carbons (Fsp3) is 0.909. The van der Waals surface area contributed by atoms with Crippen molar-refractivity contribution < 1.29 is 36.4 Å². The molecule has 20 heavy (non-hydrogen) atoms. The molecule has 4 saturated carbocycles. The molecule has 4 fully saturated rings. The Bertz CT molecular complexity index is 557. The first-order valence-corrected chi connectivity index (χ1v) is 7.69. The molecule has 0 aromatic heterocycles. The van der Waals surface area contributed by atoms with Crippen LogP contribution >= 0.6 is 0 Å². The van der Waals surface area contributed by atoms with Crippen LogP contribution in [0.3, 0.4) is 0 Å². The summed E-state index contributed by atoms with van der Waals surface area (Å²) in [5.74, 6) is -1.66. The Hall–Kier alpha value is -0.800. The van der Waals surface area contributed by atoms with Gasteiger partial charge in [0.2, 0.25) is 0 Å². The first kappa shape index (κ1) is 14.2. The van der Waals surface area contributed by atoms with Gasteiger partial charge in [-0.2, -0.15) is 17.2 Å². The van der Waals surface area contributed by atoms with Gasteiger partial charge in [0.1, 0.15) is 0 Å². The number of carbonyl (C=O) groups is 1. The van der Waals surface area contributed by atoms with E-state index < -0.39 is 39.0 Å². The minimum absolute atomic E-state index is 0.320. The normalized spacial score (nSPS) is 42.4. The van der Waals surface area contributed by atoms with Crippen LogP contribution in [0.5, 0.6) is 0 Å². The Labute approximate surface area is 113 Å². The molecule has 6 nitrogen and oxygen atoms in total. The lowest BCUT2D eigenvalue weighted by atomic mass is 9.78. The lowest BCUT2D eigenvalue weighted by Crippen LogP contribution is -2.45. The maximum atomic E-state index is 13.1. The maximum absolute atomic E-state index is 13.1. The van der Waals surface area contributed by atoms with Crippen molar-refractivity contribution in [1.29, 1.82) is 0 Å². The zero-order valence-electron chi connectivity index (χ0n) is 10.4. The summed E-state index contributed by atoms with van der Waals surface area (Å²) in [4.78, 5) is 11.2. The van der Waals surface area contributed by atoms with Crippen molar-refractivity contribution in [2.75, 3.05) is 6.61 Å². The third-order valence-corrected chi connectivity index (χ3v) is 6.02. The van der Waals surface area contributed by atoms with E-state index >= 15 is 0 Å². The third-order valence-electron chi connectivity index (χ3n) is 5.20. The van der Waals surface area contributed by atoms with Gasteiger partial charge in [0, 0.05) is 5.41 Å². The summed E-state index contributed by atoms with van der Waals surface area (Å²) in [6.45, 7) is -0.444. The Morgan fingerprint density at radius 3 is 2.10 bits per heavy atom.